The number of rotatable bonds is 6. The molecule has 1 aliphatic carbocycles. The number of carbonyl (C=O) groups excluding carboxylic acids is 1. The number of nitrogens with one attached hydrogen (secondary N) is 1. The van der Waals surface area contributed by atoms with E-state index in [1.54, 1.807) is 26.4 Å². The number of benzene rings is 1. The smallest absolute Gasteiger partial charge is 0.255 e. The summed E-state index contributed by atoms with van der Waals surface area (Å²) < 4.78 is 10.7. The van der Waals surface area contributed by atoms with Crippen LogP contribution in [-0.2, 0) is 0 Å². The van der Waals surface area contributed by atoms with Crippen molar-refractivity contribution in [3.63, 3.8) is 0 Å². The number of carbonyl (C=O) groups is 1. The molecule has 6 heteroatoms. The highest BCUT2D eigenvalue weighted by Gasteiger charge is 2.25. The Morgan fingerprint density at radius 1 is 1.07 bits per heavy atom. The summed E-state index contributed by atoms with van der Waals surface area (Å²) in [7, 11) is 3.15. The number of piperidine rings is 1. The molecule has 1 aliphatic heterocycles. The number of amides is 1. The van der Waals surface area contributed by atoms with Gasteiger partial charge in [-0.1, -0.05) is 25.3 Å². The first-order valence-electron chi connectivity index (χ1n) is 9.95. The fourth-order valence-corrected chi connectivity index (χ4v) is 4.32. The van der Waals surface area contributed by atoms with E-state index in [4.69, 9.17) is 9.47 Å². The second-order valence-electron chi connectivity index (χ2n) is 7.59. The molecule has 3 rings (SSSR count). The Kier molecular flexibility index (Phi) is 8.71. The van der Waals surface area contributed by atoms with E-state index in [0.29, 0.717) is 17.1 Å². The van der Waals surface area contributed by atoms with Gasteiger partial charge in [-0.3, -0.25) is 4.79 Å². The van der Waals surface area contributed by atoms with Gasteiger partial charge in [-0.15, -0.1) is 12.4 Å². The van der Waals surface area contributed by atoms with Gasteiger partial charge in [-0.25, -0.2) is 0 Å². The normalized spacial score (nSPS) is 19.2. The topological polar surface area (TPSA) is 50.8 Å². The van der Waals surface area contributed by atoms with Crippen molar-refractivity contribution in [1.29, 1.82) is 0 Å². The van der Waals surface area contributed by atoms with Gasteiger partial charge in [0.2, 0.25) is 0 Å². The molecule has 0 bridgehead atoms. The van der Waals surface area contributed by atoms with Crippen LogP contribution in [0.4, 0.5) is 0 Å². The molecule has 1 heterocycles. The Balaban J connectivity index is 0.00000261. The van der Waals surface area contributed by atoms with Crippen LogP contribution in [0.25, 0.3) is 0 Å². The lowest BCUT2D eigenvalue weighted by Crippen LogP contribution is -2.46. The summed E-state index contributed by atoms with van der Waals surface area (Å²) in [6.45, 7) is 3.40. The largest absolute Gasteiger partial charge is 0.493 e. The van der Waals surface area contributed by atoms with E-state index in [9.17, 15) is 4.79 Å². The van der Waals surface area contributed by atoms with Crippen LogP contribution in [0, 0.1) is 5.92 Å². The molecular formula is C21H33ClN2O3. The summed E-state index contributed by atoms with van der Waals surface area (Å²) in [5.74, 6) is 1.90. The summed E-state index contributed by atoms with van der Waals surface area (Å²) >= 11 is 0. The Hall–Kier alpha value is -1.46. The van der Waals surface area contributed by atoms with Crippen LogP contribution >= 0.6 is 12.4 Å². The Morgan fingerprint density at radius 2 is 1.78 bits per heavy atom. The molecule has 0 aromatic heterocycles. The number of hydrogen-bond donors (Lipinski definition) is 1. The number of halogens is 1. The van der Waals surface area contributed by atoms with Crippen molar-refractivity contribution in [1.82, 2.24) is 10.2 Å². The van der Waals surface area contributed by atoms with Gasteiger partial charge >= 0.3 is 0 Å². The maximum Gasteiger partial charge on any atom is 0.255 e. The molecule has 1 saturated carbocycles. The zero-order valence-corrected chi connectivity index (χ0v) is 17.4. The molecule has 5 nitrogen and oxygen atoms in total. The van der Waals surface area contributed by atoms with Crippen LogP contribution in [0.3, 0.4) is 0 Å². The minimum Gasteiger partial charge on any atom is -0.493 e. The predicted molar refractivity (Wildman–Crippen MR) is 110 cm³/mol. The number of methoxy groups -OCH3 is 2. The summed E-state index contributed by atoms with van der Waals surface area (Å²) in [5.41, 5.74) is 0.538. The van der Waals surface area contributed by atoms with Gasteiger partial charge in [-0.2, -0.15) is 0 Å². The Labute approximate surface area is 169 Å². The van der Waals surface area contributed by atoms with Crippen LogP contribution in [0.15, 0.2) is 18.2 Å². The van der Waals surface area contributed by atoms with E-state index in [1.165, 1.54) is 38.6 Å². The summed E-state index contributed by atoms with van der Waals surface area (Å²) in [4.78, 5) is 15.3. The minimum absolute atomic E-state index is 0. The lowest BCUT2D eigenvalue weighted by molar-refractivity contribution is 0.0898. The molecule has 1 N–H and O–H groups in total. The highest BCUT2D eigenvalue weighted by molar-refractivity contribution is 5.98. The number of para-hydroxylation sites is 1. The SMILES string of the molecule is COc1cccc(C(=O)NC2CCN(CC3CCCCC3)CC2)c1OC.Cl. The van der Waals surface area contributed by atoms with Crippen molar-refractivity contribution in [2.75, 3.05) is 33.9 Å². The van der Waals surface area contributed by atoms with Crippen LogP contribution in [-0.4, -0.2) is 50.7 Å². The third-order valence-electron chi connectivity index (χ3n) is 5.81. The van der Waals surface area contributed by atoms with Crippen molar-refractivity contribution in [3.8, 4) is 11.5 Å². The van der Waals surface area contributed by atoms with Crippen molar-refractivity contribution in [2.45, 2.75) is 51.0 Å². The van der Waals surface area contributed by atoms with E-state index in [1.807, 2.05) is 6.07 Å². The highest BCUT2D eigenvalue weighted by Crippen LogP contribution is 2.31. The van der Waals surface area contributed by atoms with Crippen molar-refractivity contribution < 1.29 is 14.3 Å². The molecule has 0 spiro atoms. The van der Waals surface area contributed by atoms with E-state index in [0.717, 1.165) is 31.8 Å². The second-order valence-corrected chi connectivity index (χ2v) is 7.59. The molecule has 0 unspecified atom stereocenters. The quantitative estimate of drug-likeness (QED) is 0.792. The third-order valence-corrected chi connectivity index (χ3v) is 5.81. The molecule has 2 fully saturated rings. The van der Waals surface area contributed by atoms with E-state index >= 15 is 0 Å². The van der Waals surface area contributed by atoms with Crippen LogP contribution < -0.4 is 14.8 Å². The molecule has 152 valence electrons. The van der Waals surface area contributed by atoms with Gasteiger partial charge < -0.3 is 19.7 Å². The average molecular weight is 397 g/mol. The maximum absolute atomic E-state index is 12.7. The number of hydrogen-bond acceptors (Lipinski definition) is 4. The molecule has 1 aromatic carbocycles. The summed E-state index contributed by atoms with van der Waals surface area (Å²) in [5, 5.41) is 3.18. The van der Waals surface area contributed by atoms with Crippen LogP contribution in [0.5, 0.6) is 11.5 Å². The second kappa shape index (κ2) is 10.8. The van der Waals surface area contributed by atoms with Gasteiger partial charge in [-0.05, 0) is 43.7 Å². The summed E-state index contributed by atoms with van der Waals surface area (Å²) in [6.07, 6.45) is 9.05. The van der Waals surface area contributed by atoms with E-state index < -0.39 is 0 Å². The first-order chi connectivity index (χ1) is 12.7. The van der Waals surface area contributed by atoms with Crippen LogP contribution in [0.2, 0.25) is 0 Å². The zero-order valence-electron chi connectivity index (χ0n) is 16.5. The van der Waals surface area contributed by atoms with Gasteiger partial charge in [0.05, 0.1) is 19.8 Å². The highest BCUT2D eigenvalue weighted by atomic mass is 35.5. The number of nitrogens with zero attached hydrogens (tertiary/aromatic N) is 1. The zero-order chi connectivity index (χ0) is 18.4. The predicted octanol–water partition coefficient (Wildman–Crippen LogP) is 3.90. The standard InChI is InChI=1S/C21H32N2O3.ClH/c1-25-19-10-6-9-18(20(19)26-2)21(24)22-17-11-13-23(14-12-17)15-16-7-4-3-5-8-16;/h6,9-10,16-17H,3-5,7-8,11-15H2,1-2H3,(H,22,24);1H. The van der Waals surface area contributed by atoms with Crippen molar-refractivity contribution >= 4 is 18.3 Å². The average Bonchev–Trinajstić information content (AvgIpc) is 2.69. The molecule has 1 saturated heterocycles. The number of ether oxygens (including phenoxy) is 2. The maximum atomic E-state index is 12.7. The monoisotopic (exact) mass is 396 g/mol. The fourth-order valence-electron chi connectivity index (χ4n) is 4.32. The molecule has 1 amide bonds. The van der Waals surface area contributed by atoms with Gasteiger partial charge in [0.15, 0.2) is 11.5 Å². The first-order valence-corrected chi connectivity index (χ1v) is 9.95. The van der Waals surface area contributed by atoms with E-state index in [2.05, 4.69) is 10.2 Å². The lowest BCUT2D eigenvalue weighted by atomic mass is 9.88. The van der Waals surface area contributed by atoms with Crippen molar-refractivity contribution in [3.05, 3.63) is 23.8 Å². The molecular weight excluding hydrogens is 364 g/mol. The molecule has 1 aromatic rings. The molecule has 0 radical (unpaired) electrons. The summed E-state index contributed by atoms with van der Waals surface area (Å²) in [6, 6.07) is 5.65. The van der Waals surface area contributed by atoms with Gasteiger partial charge in [0, 0.05) is 25.7 Å². The fraction of sp³-hybridized carbons (Fsp3) is 0.667. The van der Waals surface area contributed by atoms with Crippen LogP contribution in [0.1, 0.15) is 55.3 Å². The van der Waals surface area contributed by atoms with Gasteiger partial charge in [0.25, 0.3) is 5.91 Å². The molecule has 27 heavy (non-hydrogen) atoms. The van der Waals surface area contributed by atoms with Crippen molar-refractivity contribution in [2.24, 2.45) is 5.92 Å². The third kappa shape index (κ3) is 5.76. The van der Waals surface area contributed by atoms with Gasteiger partial charge in [0.1, 0.15) is 0 Å². The first kappa shape index (κ1) is 21.8. The molecule has 2 aliphatic rings. The lowest BCUT2D eigenvalue weighted by Gasteiger charge is -2.35. The number of likely N-dealkylation sites (tertiary alicyclic amines) is 1. The minimum atomic E-state index is -0.0773. The Bertz CT molecular complexity index is 597. The Morgan fingerprint density at radius 3 is 2.41 bits per heavy atom. The molecule has 0 atom stereocenters. The van der Waals surface area contributed by atoms with E-state index in [-0.39, 0.29) is 24.4 Å².